The number of rotatable bonds is 3. The van der Waals surface area contributed by atoms with Crippen LogP contribution in [0.3, 0.4) is 0 Å². The number of furan rings is 1. The molecule has 2 aromatic heterocycles. The molecule has 6 nitrogen and oxygen atoms in total. The maximum atomic E-state index is 11.9. The first-order valence-electron chi connectivity index (χ1n) is 8.65. The van der Waals surface area contributed by atoms with E-state index in [-0.39, 0.29) is 23.2 Å². The number of benzene rings is 1. The average Bonchev–Trinajstić information content (AvgIpc) is 3.21. The van der Waals surface area contributed by atoms with Crippen molar-refractivity contribution in [2.24, 2.45) is 0 Å². The second-order valence-corrected chi connectivity index (χ2v) is 6.92. The highest BCUT2D eigenvalue weighted by atomic mass is 16.5. The summed E-state index contributed by atoms with van der Waals surface area (Å²) in [5, 5.41) is 11.0. The number of fused-ring (bicyclic) bond motifs is 1. The number of hydrogen-bond donors (Lipinski definition) is 1. The largest absolute Gasteiger partial charge is 0.507 e. The highest BCUT2D eigenvalue weighted by Gasteiger charge is 2.22. The van der Waals surface area contributed by atoms with Crippen LogP contribution in [0.25, 0.3) is 22.5 Å². The van der Waals surface area contributed by atoms with Crippen molar-refractivity contribution in [3.05, 3.63) is 45.8 Å². The lowest BCUT2D eigenvalue weighted by Gasteiger charge is -2.13. The van der Waals surface area contributed by atoms with Crippen LogP contribution in [-0.4, -0.2) is 36.2 Å². The second kappa shape index (κ2) is 6.21. The van der Waals surface area contributed by atoms with Gasteiger partial charge < -0.3 is 23.6 Å². The molecule has 0 bridgehead atoms. The van der Waals surface area contributed by atoms with Gasteiger partial charge in [0.2, 0.25) is 0 Å². The van der Waals surface area contributed by atoms with E-state index in [1.807, 2.05) is 18.2 Å². The van der Waals surface area contributed by atoms with Gasteiger partial charge in [-0.15, -0.1) is 0 Å². The van der Waals surface area contributed by atoms with Gasteiger partial charge in [-0.1, -0.05) is 0 Å². The molecule has 3 heterocycles. The van der Waals surface area contributed by atoms with Gasteiger partial charge in [-0.2, -0.15) is 0 Å². The third kappa shape index (κ3) is 2.86. The second-order valence-electron chi connectivity index (χ2n) is 6.92. The van der Waals surface area contributed by atoms with E-state index in [1.165, 1.54) is 6.92 Å². The molecule has 0 saturated carbocycles. The average molecular weight is 355 g/mol. The summed E-state index contributed by atoms with van der Waals surface area (Å²) in [5.41, 5.74) is 0.745. The van der Waals surface area contributed by atoms with Crippen LogP contribution in [0.5, 0.6) is 11.5 Å². The number of hydrogen-bond acceptors (Lipinski definition) is 6. The smallest absolute Gasteiger partial charge is 0.343 e. The van der Waals surface area contributed by atoms with Crippen LogP contribution in [0.15, 0.2) is 37.9 Å². The Bertz CT molecular complexity index is 1030. The van der Waals surface area contributed by atoms with Gasteiger partial charge in [0.1, 0.15) is 23.2 Å². The molecule has 1 aliphatic heterocycles. The van der Waals surface area contributed by atoms with E-state index >= 15 is 0 Å². The standard InChI is InChI=1S/C20H21NO5/c1-11-18(22)12(2)20(23)26-19(11)17-8-13-4-5-14(9-16(13)25-17)24-15-6-7-21(3)10-15/h4-5,8-9,15,22H,6-7,10H2,1-3H3. The number of nitrogens with zero attached hydrogens (tertiary/aromatic N) is 1. The molecule has 0 radical (unpaired) electrons. The zero-order chi connectivity index (χ0) is 18.4. The van der Waals surface area contributed by atoms with Crippen molar-refractivity contribution in [1.29, 1.82) is 0 Å². The van der Waals surface area contributed by atoms with Crippen molar-refractivity contribution < 1.29 is 18.7 Å². The van der Waals surface area contributed by atoms with Crippen molar-refractivity contribution in [1.82, 2.24) is 4.90 Å². The van der Waals surface area contributed by atoms with Crippen LogP contribution in [-0.2, 0) is 0 Å². The van der Waals surface area contributed by atoms with E-state index in [9.17, 15) is 9.90 Å². The Morgan fingerprint density at radius 3 is 2.73 bits per heavy atom. The predicted octanol–water partition coefficient (Wildman–Crippen LogP) is 3.46. The van der Waals surface area contributed by atoms with Crippen molar-refractivity contribution in [2.45, 2.75) is 26.4 Å². The van der Waals surface area contributed by atoms with Crippen LogP contribution in [0.1, 0.15) is 17.5 Å². The molecule has 0 aliphatic carbocycles. The molecule has 1 aromatic carbocycles. The molecule has 26 heavy (non-hydrogen) atoms. The first-order chi connectivity index (χ1) is 12.4. The van der Waals surface area contributed by atoms with Gasteiger partial charge in [0.15, 0.2) is 11.5 Å². The monoisotopic (exact) mass is 355 g/mol. The highest BCUT2D eigenvalue weighted by molar-refractivity contribution is 5.83. The van der Waals surface area contributed by atoms with Gasteiger partial charge in [-0.25, -0.2) is 4.79 Å². The minimum absolute atomic E-state index is 0.0638. The first-order valence-corrected chi connectivity index (χ1v) is 8.65. The molecular formula is C20H21NO5. The number of likely N-dealkylation sites (tertiary alicyclic amines) is 1. The fraction of sp³-hybridized carbons (Fsp3) is 0.350. The highest BCUT2D eigenvalue weighted by Crippen LogP contribution is 2.34. The molecule has 4 rings (SSSR count). The molecule has 1 aliphatic rings. The van der Waals surface area contributed by atoms with Crippen molar-refractivity contribution in [2.75, 3.05) is 20.1 Å². The number of aromatic hydroxyl groups is 1. The third-order valence-corrected chi connectivity index (χ3v) is 4.92. The first kappa shape index (κ1) is 16.7. The summed E-state index contributed by atoms with van der Waals surface area (Å²) in [4.78, 5) is 14.1. The van der Waals surface area contributed by atoms with Crippen molar-refractivity contribution in [3.8, 4) is 23.0 Å². The zero-order valence-electron chi connectivity index (χ0n) is 15.0. The third-order valence-electron chi connectivity index (χ3n) is 4.92. The Morgan fingerprint density at radius 1 is 1.19 bits per heavy atom. The molecular weight excluding hydrogens is 334 g/mol. The summed E-state index contributed by atoms with van der Waals surface area (Å²) in [5.74, 6) is 1.34. The van der Waals surface area contributed by atoms with E-state index in [4.69, 9.17) is 13.6 Å². The van der Waals surface area contributed by atoms with Crippen molar-refractivity contribution >= 4 is 11.0 Å². The fourth-order valence-electron chi connectivity index (χ4n) is 3.35. The summed E-state index contributed by atoms with van der Waals surface area (Å²) in [7, 11) is 2.08. The molecule has 1 N–H and O–H groups in total. The van der Waals surface area contributed by atoms with Gasteiger partial charge in [0.05, 0.1) is 5.56 Å². The van der Waals surface area contributed by atoms with Crippen molar-refractivity contribution in [3.63, 3.8) is 0 Å². The van der Waals surface area contributed by atoms with Crippen LogP contribution < -0.4 is 10.4 Å². The van der Waals surface area contributed by atoms with Crippen LogP contribution >= 0.6 is 0 Å². The normalized spacial score (nSPS) is 17.9. The molecule has 0 spiro atoms. The summed E-state index contributed by atoms with van der Waals surface area (Å²) in [6.07, 6.45) is 1.19. The molecule has 1 saturated heterocycles. The molecule has 1 fully saturated rings. The Kier molecular flexibility index (Phi) is 4.00. The topological polar surface area (TPSA) is 76.0 Å². The number of likely N-dealkylation sites (N-methyl/N-ethyl adjacent to an activating group) is 1. The fourth-order valence-corrected chi connectivity index (χ4v) is 3.35. The van der Waals surface area contributed by atoms with Crippen LogP contribution in [0, 0.1) is 13.8 Å². The lowest BCUT2D eigenvalue weighted by atomic mass is 10.1. The molecule has 3 aromatic rings. The zero-order valence-corrected chi connectivity index (χ0v) is 15.0. The molecule has 1 unspecified atom stereocenters. The van der Waals surface area contributed by atoms with Crippen LogP contribution in [0.4, 0.5) is 0 Å². The maximum Gasteiger partial charge on any atom is 0.343 e. The van der Waals surface area contributed by atoms with E-state index in [0.29, 0.717) is 16.9 Å². The van der Waals surface area contributed by atoms with Gasteiger partial charge in [-0.3, -0.25) is 0 Å². The van der Waals surface area contributed by atoms with E-state index in [1.54, 1.807) is 13.0 Å². The number of ether oxygens (including phenoxy) is 1. The lowest BCUT2D eigenvalue weighted by molar-refractivity contribution is 0.208. The lowest BCUT2D eigenvalue weighted by Crippen LogP contribution is -2.21. The molecule has 6 heteroatoms. The molecule has 1 atom stereocenters. The Balaban J connectivity index is 1.69. The van der Waals surface area contributed by atoms with Gasteiger partial charge in [0, 0.05) is 30.1 Å². The van der Waals surface area contributed by atoms with E-state index in [0.717, 1.165) is 30.6 Å². The Hall–Kier alpha value is -2.73. The summed E-state index contributed by atoms with van der Waals surface area (Å²) < 4.78 is 17.2. The Morgan fingerprint density at radius 2 is 2.00 bits per heavy atom. The summed E-state index contributed by atoms with van der Waals surface area (Å²) in [6, 6.07) is 7.47. The van der Waals surface area contributed by atoms with Gasteiger partial charge in [0.25, 0.3) is 0 Å². The predicted molar refractivity (Wildman–Crippen MR) is 97.9 cm³/mol. The molecule has 0 amide bonds. The van der Waals surface area contributed by atoms with Gasteiger partial charge >= 0.3 is 5.63 Å². The summed E-state index contributed by atoms with van der Waals surface area (Å²) in [6.45, 7) is 5.17. The van der Waals surface area contributed by atoms with E-state index in [2.05, 4.69) is 11.9 Å². The minimum atomic E-state index is -0.571. The van der Waals surface area contributed by atoms with E-state index < -0.39 is 5.63 Å². The summed E-state index contributed by atoms with van der Waals surface area (Å²) >= 11 is 0. The Labute approximate surface area is 150 Å². The minimum Gasteiger partial charge on any atom is -0.507 e. The van der Waals surface area contributed by atoms with Crippen LogP contribution in [0.2, 0.25) is 0 Å². The quantitative estimate of drug-likeness (QED) is 0.775. The maximum absolute atomic E-state index is 11.9. The van der Waals surface area contributed by atoms with Gasteiger partial charge in [-0.05, 0) is 45.5 Å². The SMILES string of the molecule is Cc1c(-c2cc3ccc(OC4CCN(C)C4)cc3o2)oc(=O)c(C)c1O. The molecule has 136 valence electrons.